The largest absolute Gasteiger partial charge is 1.00 e. The molecule has 0 unspecified atom stereocenters. The minimum absolute atomic E-state index is 0. The average molecular weight is 455 g/mol. The Morgan fingerprint density at radius 2 is 1.36 bits per heavy atom. The van der Waals surface area contributed by atoms with Gasteiger partial charge in [-0.3, -0.25) is 0 Å². The summed E-state index contributed by atoms with van der Waals surface area (Å²) >= 11 is 0. The van der Waals surface area contributed by atoms with Crippen LogP contribution < -0.4 is 21.5 Å². The van der Waals surface area contributed by atoms with Crippen LogP contribution >= 0.6 is 0 Å². The van der Waals surface area contributed by atoms with Crippen molar-refractivity contribution < 1.29 is 26.7 Å². The predicted octanol–water partition coefficient (Wildman–Crippen LogP) is 3.55. The van der Waals surface area contributed by atoms with E-state index in [1.807, 2.05) is 6.08 Å². The fraction of sp³-hybridized carbons (Fsp3) is 0.720. The molecule has 0 aliphatic rings. The molecule has 2 nitrogen and oxygen atoms in total. The number of nitrogens with zero attached hydrogens (tertiary/aromatic N) is 1. The zero-order valence-electron chi connectivity index (χ0n) is 18.1. The first-order valence-corrected chi connectivity index (χ1v) is 11.6. The van der Waals surface area contributed by atoms with Crippen LogP contribution in [-0.2, 0) is 13.0 Å². The van der Waals surface area contributed by atoms with Gasteiger partial charge >= 0.3 is 0 Å². The van der Waals surface area contributed by atoms with Crippen molar-refractivity contribution in [3.05, 3.63) is 42.7 Å². The van der Waals surface area contributed by atoms with E-state index in [0.717, 1.165) is 19.4 Å². The van der Waals surface area contributed by atoms with Crippen molar-refractivity contribution >= 4 is 0 Å². The molecule has 0 saturated heterocycles. The van der Waals surface area contributed by atoms with Gasteiger partial charge in [-0.05, 0) is 44.6 Å². The van der Waals surface area contributed by atoms with E-state index >= 15 is 0 Å². The summed E-state index contributed by atoms with van der Waals surface area (Å²) in [6.45, 7) is 5.30. The van der Waals surface area contributed by atoms with Crippen LogP contribution in [0.4, 0.5) is 0 Å². The van der Waals surface area contributed by atoms with E-state index < -0.39 is 0 Å². The molecule has 0 aliphatic heterocycles. The fourth-order valence-electron chi connectivity index (χ4n) is 3.65. The molecule has 3 heteroatoms. The molecule has 0 aliphatic carbocycles. The molecule has 162 valence electrons. The average Bonchev–Trinajstić information content (AvgIpc) is 2.69. The lowest BCUT2D eigenvalue weighted by Gasteiger charge is -2.03. The number of halogens is 1. The molecule has 1 rings (SSSR count). The van der Waals surface area contributed by atoms with Gasteiger partial charge in [-0.25, -0.2) is 4.57 Å². The third-order valence-electron chi connectivity index (χ3n) is 5.37. The second kappa shape index (κ2) is 21.0. The smallest absolute Gasteiger partial charge is 0.171 e. The summed E-state index contributed by atoms with van der Waals surface area (Å²) < 4.78 is 2.37. The highest BCUT2D eigenvalue weighted by atomic mass is 79.9. The highest BCUT2D eigenvalue weighted by Gasteiger charge is 2.03. The molecule has 0 bridgehead atoms. The second-order valence-corrected chi connectivity index (χ2v) is 7.95. The maximum atomic E-state index is 8.76. The lowest BCUT2D eigenvalue weighted by molar-refractivity contribution is -0.697. The number of hydrogen-bond acceptors (Lipinski definition) is 1. The van der Waals surface area contributed by atoms with Gasteiger partial charge in [0.2, 0.25) is 0 Å². The Balaban J connectivity index is 0.00000729. The number of aromatic nitrogens is 1. The Kier molecular flexibility index (Phi) is 20.5. The number of pyridine rings is 1. The maximum Gasteiger partial charge on any atom is 0.171 e. The monoisotopic (exact) mass is 453 g/mol. The van der Waals surface area contributed by atoms with Crippen molar-refractivity contribution in [2.75, 3.05) is 6.61 Å². The Labute approximate surface area is 185 Å². The summed E-state index contributed by atoms with van der Waals surface area (Å²) in [5.41, 5.74) is 1.49. The van der Waals surface area contributed by atoms with Crippen LogP contribution in [-0.4, -0.2) is 11.7 Å². The molecule has 0 saturated carbocycles. The van der Waals surface area contributed by atoms with E-state index in [9.17, 15) is 0 Å². The topological polar surface area (TPSA) is 24.1 Å². The molecule has 1 heterocycles. The third kappa shape index (κ3) is 16.3. The van der Waals surface area contributed by atoms with Crippen LogP contribution in [0.15, 0.2) is 37.2 Å². The molecule has 0 amide bonds. The zero-order valence-corrected chi connectivity index (χ0v) is 19.7. The predicted molar refractivity (Wildman–Crippen MR) is 117 cm³/mol. The fourth-order valence-corrected chi connectivity index (χ4v) is 3.65. The Morgan fingerprint density at radius 1 is 0.786 bits per heavy atom. The number of aliphatic hydroxyl groups is 1. The van der Waals surface area contributed by atoms with Crippen molar-refractivity contribution in [3.63, 3.8) is 0 Å². The van der Waals surface area contributed by atoms with Gasteiger partial charge in [-0.2, -0.15) is 0 Å². The van der Waals surface area contributed by atoms with E-state index in [0.29, 0.717) is 6.61 Å². The SMILES string of the molecule is C=CCCCCCC[n+]1cccc(CCCCCCCCCCCCO)c1.[Br-]. The summed E-state index contributed by atoms with van der Waals surface area (Å²) in [5.74, 6) is 0. The lowest BCUT2D eigenvalue weighted by Crippen LogP contribution is -3.00. The number of hydrogen-bond donors (Lipinski definition) is 1. The summed E-state index contributed by atoms with van der Waals surface area (Å²) in [7, 11) is 0. The van der Waals surface area contributed by atoms with Crippen molar-refractivity contribution in [1.29, 1.82) is 0 Å². The number of allylic oxidation sites excluding steroid dienone is 1. The van der Waals surface area contributed by atoms with Crippen molar-refractivity contribution in [1.82, 2.24) is 0 Å². The minimum atomic E-state index is 0. The Hall–Kier alpha value is -0.670. The van der Waals surface area contributed by atoms with E-state index in [1.54, 1.807) is 0 Å². The van der Waals surface area contributed by atoms with Gasteiger partial charge in [-0.15, -0.1) is 6.58 Å². The highest BCUT2D eigenvalue weighted by Crippen LogP contribution is 2.12. The standard InChI is InChI=1S/C25H44NO.BrH/c1-2-3-4-5-13-16-21-26-22-18-20-25(24-26)19-15-12-10-8-6-7-9-11-14-17-23-27;/h2,18,20,22,24,27H,1,3-17,19,21,23H2;1H/q+1;/p-1. The minimum Gasteiger partial charge on any atom is -1.00 e. The molecule has 1 aromatic heterocycles. The van der Waals surface area contributed by atoms with Crippen LogP contribution in [0.5, 0.6) is 0 Å². The molecule has 1 aromatic rings. The first-order chi connectivity index (χ1) is 13.4. The number of aryl methyl sites for hydroxylation is 2. The van der Waals surface area contributed by atoms with Crippen LogP contribution in [0.25, 0.3) is 0 Å². The summed E-state index contributed by atoms with van der Waals surface area (Å²) in [5, 5.41) is 8.76. The Morgan fingerprint density at radius 3 is 2.00 bits per heavy atom. The number of rotatable bonds is 19. The van der Waals surface area contributed by atoms with Crippen molar-refractivity contribution in [2.24, 2.45) is 0 Å². The van der Waals surface area contributed by atoms with Crippen molar-refractivity contribution in [3.8, 4) is 0 Å². The lowest BCUT2D eigenvalue weighted by atomic mass is 10.0. The number of unbranched alkanes of at least 4 members (excludes halogenated alkanes) is 13. The van der Waals surface area contributed by atoms with Gasteiger partial charge in [0.15, 0.2) is 12.4 Å². The highest BCUT2D eigenvalue weighted by molar-refractivity contribution is 5.05. The normalized spacial score (nSPS) is 10.6. The van der Waals surface area contributed by atoms with Gasteiger partial charge in [0, 0.05) is 24.7 Å². The second-order valence-electron chi connectivity index (χ2n) is 7.95. The number of aliphatic hydroxyl groups excluding tert-OH is 1. The molecule has 28 heavy (non-hydrogen) atoms. The van der Waals surface area contributed by atoms with Crippen molar-refractivity contribution in [2.45, 2.75) is 109 Å². The van der Waals surface area contributed by atoms with Crippen LogP contribution in [0, 0.1) is 0 Å². The first-order valence-electron chi connectivity index (χ1n) is 11.6. The molecule has 0 fully saturated rings. The first kappa shape index (κ1) is 27.3. The van der Waals surface area contributed by atoms with E-state index in [-0.39, 0.29) is 17.0 Å². The van der Waals surface area contributed by atoms with Gasteiger partial charge in [-0.1, -0.05) is 63.9 Å². The van der Waals surface area contributed by atoms with Gasteiger partial charge in [0.1, 0.15) is 6.54 Å². The summed E-state index contributed by atoms with van der Waals surface area (Å²) in [6.07, 6.45) is 27.2. The Bertz CT molecular complexity index is 464. The third-order valence-corrected chi connectivity index (χ3v) is 5.37. The van der Waals surface area contributed by atoms with Gasteiger partial charge in [0.25, 0.3) is 0 Å². The van der Waals surface area contributed by atoms with Crippen LogP contribution in [0.2, 0.25) is 0 Å². The molecule has 0 spiro atoms. The van der Waals surface area contributed by atoms with E-state index in [2.05, 4.69) is 35.7 Å². The quantitative estimate of drug-likeness (QED) is 0.193. The molecule has 0 radical (unpaired) electrons. The molecular formula is C25H44BrNO. The summed E-state index contributed by atoms with van der Waals surface area (Å²) in [6, 6.07) is 4.50. The van der Waals surface area contributed by atoms with Gasteiger partial charge in [0.05, 0.1) is 0 Å². The van der Waals surface area contributed by atoms with E-state index in [4.69, 9.17) is 5.11 Å². The maximum absolute atomic E-state index is 8.76. The molecular weight excluding hydrogens is 410 g/mol. The zero-order chi connectivity index (χ0) is 19.4. The summed E-state index contributed by atoms with van der Waals surface area (Å²) in [4.78, 5) is 0. The molecule has 0 aromatic carbocycles. The molecule has 0 atom stereocenters. The molecule has 1 N–H and O–H groups in total. The van der Waals surface area contributed by atoms with Crippen LogP contribution in [0.1, 0.15) is 102 Å². The van der Waals surface area contributed by atoms with Gasteiger partial charge < -0.3 is 22.1 Å². The van der Waals surface area contributed by atoms with Crippen LogP contribution in [0.3, 0.4) is 0 Å². The van der Waals surface area contributed by atoms with E-state index in [1.165, 1.54) is 95.5 Å².